The van der Waals surface area contributed by atoms with Crippen molar-refractivity contribution in [2.45, 2.75) is 17.9 Å². The van der Waals surface area contributed by atoms with Crippen LogP contribution < -0.4 is 4.72 Å². The zero-order valence-corrected chi connectivity index (χ0v) is 17.1. The average Bonchev–Trinajstić information content (AvgIpc) is 2.67. The molecule has 0 heterocycles. The molecule has 0 spiro atoms. The number of nitrogens with one attached hydrogen (secondary N) is 1. The van der Waals surface area contributed by atoms with Gasteiger partial charge in [-0.1, -0.05) is 75.8 Å². The molecule has 3 aromatic rings. The quantitative estimate of drug-likeness (QED) is 0.591. The van der Waals surface area contributed by atoms with Crippen molar-refractivity contribution < 1.29 is 8.42 Å². The van der Waals surface area contributed by atoms with E-state index in [1.54, 1.807) is 24.3 Å². The van der Waals surface area contributed by atoms with Gasteiger partial charge in [-0.3, -0.25) is 0 Å². The first-order valence-electron chi connectivity index (χ1n) is 8.35. The lowest BCUT2D eigenvalue weighted by Crippen LogP contribution is -2.28. The van der Waals surface area contributed by atoms with Crippen LogP contribution in [0, 0.1) is 18.8 Å². The fourth-order valence-corrected chi connectivity index (χ4v) is 3.85. The van der Waals surface area contributed by atoms with E-state index >= 15 is 0 Å². The van der Waals surface area contributed by atoms with E-state index in [2.05, 4.69) is 32.5 Å². The molecule has 0 saturated carbocycles. The van der Waals surface area contributed by atoms with Crippen molar-refractivity contribution in [3.05, 3.63) is 100 Å². The van der Waals surface area contributed by atoms with Crippen LogP contribution in [0.15, 0.2) is 88.2 Å². The third-order valence-electron chi connectivity index (χ3n) is 3.94. The Morgan fingerprint density at radius 1 is 0.889 bits per heavy atom. The summed E-state index contributed by atoms with van der Waals surface area (Å²) in [6, 6.07) is 23.0. The van der Waals surface area contributed by atoms with Crippen molar-refractivity contribution in [2.24, 2.45) is 0 Å². The van der Waals surface area contributed by atoms with Gasteiger partial charge < -0.3 is 0 Å². The van der Waals surface area contributed by atoms with Crippen LogP contribution in [0.2, 0.25) is 0 Å². The molecule has 0 aromatic heterocycles. The maximum absolute atomic E-state index is 12.8. The van der Waals surface area contributed by atoms with E-state index in [1.165, 1.54) is 0 Å². The molecule has 3 aromatic carbocycles. The lowest BCUT2D eigenvalue weighted by Gasteiger charge is -2.14. The van der Waals surface area contributed by atoms with E-state index in [1.807, 2.05) is 61.5 Å². The topological polar surface area (TPSA) is 46.2 Å². The summed E-state index contributed by atoms with van der Waals surface area (Å²) < 4.78 is 29.3. The Kier molecular flexibility index (Phi) is 6.12. The van der Waals surface area contributed by atoms with Crippen LogP contribution >= 0.6 is 15.9 Å². The molecule has 0 amide bonds. The molecule has 0 radical (unpaired) electrons. The highest BCUT2D eigenvalue weighted by molar-refractivity contribution is 9.10. The van der Waals surface area contributed by atoms with Crippen LogP contribution in [0.4, 0.5) is 0 Å². The average molecular weight is 440 g/mol. The van der Waals surface area contributed by atoms with Crippen LogP contribution in [-0.2, 0) is 10.0 Å². The molecule has 27 heavy (non-hydrogen) atoms. The smallest absolute Gasteiger partial charge is 0.207 e. The van der Waals surface area contributed by atoms with E-state index in [-0.39, 0.29) is 4.90 Å². The predicted octanol–water partition coefficient (Wildman–Crippen LogP) is 4.83. The summed E-state index contributed by atoms with van der Waals surface area (Å²) in [5, 5.41) is 0. The van der Waals surface area contributed by atoms with Crippen LogP contribution in [-0.4, -0.2) is 8.42 Å². The van der Waals surface area contributed by atoms with E-state index in [9.17, 15) is 8.42 Å². The largest absolute Gasteiger partial charge is 0.241 e. The number of benzene rings is 3. The summed E-state index contributed by atoms with van der Waals surface area (Å²) in [4.78, 5) is 0.219. The molecular weight excluding hydrogens is 422 g/mol. The number of halogens is 1. The van der Waals surface area contributed by atoms with Gasteiger partial charge in [0, 0.05) is 10.0 Å². The molecule has 0 unspecified atom stereocenters. The first-order chi connectivity index (χ1) is 12.9. The van der Waals surface area contributed by atoms with Gasteiger partial charge in [-0.2, -0.15) is 4.72 Å². The summed E-state index contributed by atoms with van der Waals surface area (Å²) in [6.45, 7) is 1.92. The van der Waals surface area contributed by atoms with E-state index in [0.29, 0.717) is 0 Å². The van der Waals surface area contributed by atoms with Gasteiger partial charge in [0.25, 0.3) is 0 Å². The summed E-state index contributed by atoms with van der Waals surface area (Å²) >= 11 is 3.40. The third-order valence-corrected chi connectivity index (χ3v) is 5.91. The predicted molar refractivity (Wildman–Crippen MR) is 112 cm³/mol. The monoisotopic (exact) mass is 439 g/mol. The summed E-state index contributed by atoms with van der Waals surface area (Å²) in [7, 11) is -3.70. The van der Waals surface area contributed by atoms with Gasteiger partial charge in [0.1, 0.15) is 6.04 Å². The zero-order chi connectivity index (χ0) is 19.3. The maximum atomic E-state index is 12.8. The Balaban J connectivity index is 1.95. The minimum atomic E-state index is -3.70. The van der Waals surface area contributed by atoms with E-state index in [4.69, 9.17) is 0 Å². The van der Waals surface area contributed by atoms with E-state index < -0.39 is 16.1 Å². The molecule has 5 heteroatoms. The summed E-state index contributed by atoms with van der Waals surface area (Å²) in [5.41, 5.74) is 2.61. The lowest BCUT2D eigenvalue weighted by atomic mass is 10.1. The zero-order valence-electron chi connectivity index (χ0n) is 14.7. The first kappa shape index (κ1) is 19.4. The highest BCUT2D eigenvalue weighted by atomic mass is 79.9. The van der Waals surface area contributed by atoms with Crippen LogP contribution in [0.1, 0.15) is 22.7 Å². The number of hydrogen-bond acceptors (Lipinski definition) is 2. The van der Waals surface area contributed by atoms with Gasteiger partial charge in [0.15, 0.2) is 0 Å². The molecule has 1 atom stereocenters. The van der Waals surface area contributed by atoms with Gasteiger partial charge in [-0.25, -0.2) is 8.42 Å². The molecule has 3 rings (SSSR count). The fourth-order valence-electron chi connectivity index (χ4n) is 2.45. The summed E-state index contributed by atoms with van der Waals surface area (Å²) in [5.74, 6) is 6.11. The van der Waals surface area contributed by atoms with Crippen molar-refractivity contribution in [3.8, 4) is 11.8 Å². The van der Waals surface area contributed by atoms with Crippen molar-refractivity contribution in [1.29, 1.82) is 0 Å². The molecule has 0 aliphatic heterocycles. The molecule has 0 saturated heterocycles. The van der Waals surface area contributed by atoms with Crippen LogP contribution in [0.25, 0.3) is 0 Å². The SMILES string of the molecule is Cc1ccc(S(=O)(=O)N[C@H](C#Cc2ccccc2)c2ccc(Br)cc2)cc1. The second kappa shape index (κ2) is 8.53. The molecule has 1 N–H and O–H groups in total. The number of sulfonamides is 1. The first-order valence-corrected chi connectivity index (χ1v) is 10.6. The second-order valence-corrected chi connectivity index (χ2v) is 8.68. The van der Waals surface area contributed by atoms with Crippen LogP contribution in [0.3, 0.4) is 0 Å². The van der Waals surface area contributed by atoms with E-state index in [0.717, 1.165) is 21.2 Å². The Morgan fingerprint density at radius 2 is 1.52 bits per heavy atom. The Morgan fingerprint density at radius 3 is 2.15 bits per heavy atom. The van der Waals surface area contributed by atoms with Gasteiger partial charge >= 0.3 is 0 Å². The minimum absolute atomic E-state index is 0.219. The van der Waals surface area contributed by atoms with Crippen molar-refractivity contribution in [1.82, 2.24) is 4.72 Å². The minimum Gasteiger partial charge on any atom is -0.207 e. The molecule has 0 fully saturated rings. The molecule has 0 bridgehead atoms. The van der Waals surface area contributed by atoms with Crippen molar-refractivity contribution in [3.63, 3.8) is 0 Å². The highest BCUT2D eigenvalue weighted by Gasteiger charge is 2.20. The second-order valence-electron chi connectivity index (χ2n) is 6.05. The number of rotatable bonds is 4. The Bertz CT molecular complexity index is 1070. The fraction of sp³-hybridized carbons (Fsp3) is 0.0909. The van der Waals surface area contributed by atoms with Crippen molar-refractivity contribution >= 4 is 26.0 Å². The molecule has 3 nitrogen and oxygen atoms in total. The molecule has 0 aliphatic rings. The van der Waals surface area contributed by atoms with Crippen molar-refractivity contribution in [2.75, 3.05) is 0 Å². The van der Waals surface area contributed by atoms with Gasteiger partial charge in [-0.05, 0) is 48.9 Å². The van der Waals surface area contributed by atoms with Crippen LogP contribution in [0.5, 0.6) is 0 Å². The van der Waals surface area contributed by atoms with Gasteiger partial charge in [-0.15, -0.1) is 0 Å². The molecule has 0 aliphatic carbocycles. The number of aryl methyl sites for hydroxylation is 1. The Labute approximate surface area is 168 Å². The normalized spacial score (nSPS) is 12.1. The standard InChI is InChI=1S/C22H18BrNO2S/c1-17-7-14-21(15-8-17)27(25,26)24-22(19-10-12-20(23)13-11-19)16-9-18-5-3-2-4-6-18/h2-8,10-15,22,24H,1H3/t22-/m1/s1. The molecule has 136 valence electrons. The third kappa shape index (κ3) is 5.30. The highest BCUT2D eigenvalue weighted by Crippen LogP contribution is 2.20. The van der Waals surface area contributed by atoms with Gasteiger partial charge in [0.2, 0.25) is 10.0 Å². The lowest BCUT2D eigenvalue weighted by molar-refractivity contribution is 0.576. The summed E-state index contributed by atoms with van der Waals surface area (Å²) in [6.07, 6.45) is 0. The maximum Gasteiger partial charge on any atom is 0.241 e. The van der Waals surface area contributed by atoms with Gasteiger partial charge in [0.05, 0.1) is 4.90 Å². The Hall–Kier alpha value is -2.39. The molecular formula is C22H18BrNO2S. The number of hydrogen-bond donors (Lipinski definition) is 1.